The summed E-state index contributed by atoms with van der Waals surface area (Å²) in [6.45, 7) is 2.13. The molecule has 3 aromatic carbocycles. The average molecular weight is 455 g/mol. The van der Waals surface area contributed by atoms with Gasteiger partial charge in [0.15, 0.2) is 0 Å². The summed E-state index contributed by atoms with van der Waals surface area (Å²) in [5, 5.41) is 3.09. The zero-order valence-corrected chi connectivity index (χ0v) is 19.0. The van der Waals surface area contributed by atoms with E-state index in [0.29, 0.717) is 12.1 Å². The molecule has 0 saturated heterocycles. The van der Waals surface area contributed by atoms with Crippen LogP contribution in [0.1, 0.15) is 35.6 Å². The third-order valence-electron chi connectivity index (χ3n) is 5.22. The van der Waals surface area contributed by atoms with E-state index < -0.39 is 15.8 Å². The van der Waals surface area contributed by atoms with Gasteiger partial charge in [-0.15, -0.1) is 0 Å². The second-order valence-corrected chi connectivity index (χ2v) is 9.59. The molecule has 1 N–H and O–H groups in total. The maximum Gasteiger partial charge on any atom is 0.232 e. The molecule has 0 aliphatic carbocycles. The second kappa shape index (κ2) is 10.4. The molecule has 32 heavy (non-hydrogen) atoms. The van der Waals surface area contributed by atoms with Gasteiger partial charge in [-0.1, -0.05) is 54.6 Å². The van der Waals surface area contributed by atoms with E-state index in [1.165, 1.54) is 28.6 Å². The molecule has 5 nitrogen and oxygen atoms in total. The molecule has 1 atom stereocenters. The molecular formula is C25H27FN2O3S. The largest absolute Gasteiger partial charge is 0.345 e. The van der Waals surface area contributed by atoms with Gasteiger partial charge in [0.05, 0.1) is 18.0 Å². The predicted molar refractivity (Wildman–Crippen MR) is 125 cm³/mol. The zero-order valence-electron chi connectivity index (χ0n) is 18.2. The number of nitrogens with one attached hydrogen (secondary N) is 1. The first kappa shape index (κ1) is 23.5. The number of carbonyl (C=O) groups excluding carboxylic acids is 1. The lowest BCUT2D eigenvalue weighted by Crippen LogP contribution is -2.33. The van der Waals surface area contributed by atoms with E-state index in [0.717, 1.165) is 22.9 Å². The minimum Gasteiger partial charge on any atom is -0.345 e. The molecule has 0 saturated carbocycles. The Morgan fingerprint density at radius 1 is 0.969 bits per heavy atom. The summed E-state index contributed by atoms with van der Waals surface area (Å²) in [5.41, 5.74) is 3.42. The van der Waals surface area contributed by atoms with Crippen molar-refractivity contribution in [1.29, 1.82) is 0 Å². The van der Waals surface area contributed by atoms with E-state index in [-0.39, 0.29) is 24.9 Å². The van der Waals surface area contributed by atoms with Gasteiger partial charge >= 0.3 is 0 Å². The molecule has 0 aromatic heterocycles. The van der Waals surface area contributed by atoms with Crippen molar-refractivity contribution in [2.24, 2.45) is 0 Å². The van der Waals surface area contributed by atoms with Gasteiger partial charge in [0, 0.05) is 13.0 Å². The van der Waals surface area contributed by atoms with Crippen molar-refractivity contribution >= 4 is 21.6 Å². The van der Waals surface area contributed by atoms with Crippen molar-refractivity contribution in [3.8, 4) is 0 Å². The minimum atomic E-state index is -3.56. The Hall–Kier alpha value is -3.19. The fourth-order valence-electron chi connectivity index (χ4n) is 3.61. The molecule has 0 bridgehead atoms. The number of nitrogens with zero attached hydrogens (tertiary/aromatic N) is 1. The highest BCUT2D eigenvalue weighted by molar-refractivity contribution is 7.92. The lowest BCUT2D eigenvalue weighted by atomic mass is 9.95. The summed E-state index contributed by atoms with van der Waals surface area (Å²) in [6.07, 6.45) is 1.58. The van der Waals surface area contributed by atoms with Crippen molar-refractivity contribution in [3.63, 3.8) is 0 Å². The van der Waals surface area contributed by atoms with Crippen LogP contribution in [0.4, 0.5) is 10.1 Å². The number of benzene rings is 3. The average Bonchev–Trinajstić information content (AvgIpc) is 2.76. The first-order chi connectivity index (χ1) is 15.3. The van der Waals surface area contributed by atoms with Crippen LogP contribution < -0.4 is 9.62 Å². The minimum absolute atomic E-state index is 0.123. The highest BCUT2D eigenvalue weighted by Crippen LogP contribution is 2.25. The molecule has 0 heterocycles. The normalized spacial score (nSPS) is 12.2. The maximum atomic E-state index is 13.2. The number of hydrogen-bond acceptors (Lipinski definition) is 3. The van der Waals surface area contributed by atoms with Crippen molar-refractivity contribution in [3.05, 3.63) is 101 Å². The number of rotatable bonds is 9. The standard InChI is InChI=1S/C25H27FN2O3S/c1-19-9-6-7-12-23(19)25(20-10-4-3-5-11-20)27-24(29)13-8-18-28(32(2,30)31)22-16-14-21(26)15-17-22/h3-7,9-12,14-17,25H,8,13,18H2,1-2H3,(H,27,29)/t25-/m0/s1. The Kier molecular flexibility index (Phi) is 7.64. The van der Waals surface area contributed by atoms with Gasteiger partial charge in [0.1, 0.15) is 5.82 Å². The summed E-state index contributed by atoms with van der Waals surface area (Å²) in [7, 11) is -3.56. The molecule has 0 aliphatic rings. The second-order valence-electron chi connectivity index (χ2n) is 7.68. The monoisotopic (exact) mass is 454 g/mol. The highest BCUT2D eigenvalue weighted by Gasteiger charge is 2.20. The lowest BCUT2D eigenvalue weighted by molar-refractivity contribution is -0.121. The van der Waals surface area contributed by atoms with Crippen molar-refractivity contribution in [1.82, 2.24) is 5.32 Å². The molecular weight excluding hydrogens is 427 g/mol. The molecule has 1 amide bonds. The van der Waals surface area contributed by atoms with Gasteiger partial charge in [-0.2, -0.15) is 0 Å². The van der Waals surface area contributed by atoms with E-state index in [4.69, 9.17) is 0 Å². The smallest absolute Gasteiger partial charge is 0.232 e. The van der Waals surface area contributed by atoms with E-state index in [9.17, 15) is 17.6 Å². The fourth-order valence-corrected chi connectivity index (χ4v) is 4.57. The highest BCUT2D eigenvalue weighted by atomic mass is 32.2. The summed E-state index contributed by atoms with van der Waals surface area (Å²) in [4.78, 5) is 12.8. The van der Waals surface area contributed by atoms with Crippen LogP contribution >= 0.6 is 0 Å². The Morgan fingerprint density at radius 3 is 2.22 bits per heavy atom. The molecule has 3 rings (SSSR count). The summed E-state index contributed by atoms with van der Waals surface area (Å²) < 4.78 is 38.8. The fraction of sp³-hybridized carbons (Fsp3) is 0.240. The van der Waals surface area contributed by atoms with Crippen LogP contribution in [0.3, 0.4) is 0 Å². The van der Waals surface area contributed by atoms with Crippen molar-refractivity contribution in [2.75, 3.05) is 17.1 Å². The SMILES string of the molecule is Cc1ccccc1[C@@H](NC(=O)CCCN(c1ccc(F)cc1)S(C)(=O)=O)c1ccccc1. The Morgan fingerprint density at radius 2 is 1.59 bits per heavy atom. The van der Waals surface area contributed by atoms with Crippen LogP contribution in [0.2, 0.25) is 0 Å². The van der Waals surface area contributed by atoms with Gasteiger partial charge in [0.2, 0.25) is 15.9 Å². The van der Waals surface area contributed by atoms with Gasteiger partial charge in [-0.3, -0.25) is 9.10 Å². The topological polar surface area (TPSA) is 66.5 Å². The third kappa shape index (κ3) is 6.17. The number of hydrogen-bond donors (Lipinski definition) is 1. The van der Waals surface area contributed by atoms with Crippen molar-refractivity contribution < 1.29 is 17.6 Å². The van der Waals surface area contributed by atoms with E-state index >= 15 is 0 Å². The number of sulfonamides is 1. The first-order valence-corrected chi connectivity index (χ1v) is 12.2. The van der Waals surface area contributed by atoms with Crippen LogP contribution in [0.5, 0.6) is 0 Å². The quantitative estimate of drug-likeness (QED) is 0.514. The number of halogens is 1. The van der Waals surface area contributed by atoms with E-state index in [1.54, 1.807) is 0 Å². The van der Waals surface area contributed by atoms with Gasteiger partial charge < -0.3 is 5.32 Å². The van der Waals surface area contributed by atoms with Gasteiger partial charge in [-0.25, -0.2) is 12.8 Å². The molecule has 0 aliphatic heterocycles. The molecule has 3 aromatic rings. The molecule has 0 unspecified atom stereocenters. The number of aryl methyl sites for hydroxylation is 1. The Bertz CT molecular complexity index is 1150. The Balaban J connectivity index is 1.70. The van der Waals surface area contributed by atoms with Crippen LogP contribution in [0.15, 0.2) is 78.9 Å². The maximum absolute atomic E-state index is 13.2. The number of carbonyl (C=O) groups is 1. The van der Waals surface area contributed by atoms with E-state index in [2.05, 4.69) is 5.32 Å². The Labute approximate surface area is 188 Å². The molecule has 168 valence electrons. The molecule has 0 spiro atoms. The zero-order chi connectivity index (χ0) is 23.1. The van der Waals surface area contributed by atoms with Crippen LogP contribution in [-0.4, -0.2) is 27.1 Å². The summed E-state index contributed by atoms with van der Waals surface area (Å²) >= 11 is 0. The van der Waals surface area contributed by atoms with Crippen LogP contribution in [0, 0.1) is 12.7 Å². The number of anilines is 1. The number of amides is 1. The van der Waals surface area contributed by atoms with Crippen LogP contribution in [-0.2, 0) is 14.8 Å². The third-order valence-corrected chi connectivity index (χ3v) is 6.41. The van der Waals surface area contributed by atoms with Gasteiger partial charge in [-0.05, 0) is 54.3 Å². The predicted octanol–water partition coefficient (Wildman–Crippen LogP) is 4.59. The molecule has 7 heteroatoms. The van der Waals surface area contributed by atoms with E-state index in [1.807, 2.05) is 61.5 Å². The van der Waals surface area contributed by atoms with Crippen molar-refractivity contribution in [2.45, 2.75) is 25.8 Å². The van der Waals surface area contributed by atoms with Crippen LogP contribution in [0.25, 0.3) is 0 Å². The summed E-state index contributed by atoms with van der Waals surface area (Å²) in [5.74, 6) is -0.612. The van der Waals surface area contributed by atoms with Gasteiger partial charge in [0.25, 0.3) is 0 Å². The molecule has 0 fully saturated rings. The first-order valence-electron chi connectivity index (χ1n) is 10.4. The summed E-state index contributed by atoms with van der Waals surface area (Å²) in [6, 6.07) is 22.6. The lowest BCUT2D eigenvalue weighted by Gasteiger charge is -2.24. The molecule has 0 radical (unpaired) electrons.